The molecule has 0 aromatic heterocycles. The molecule has 5 heteroatoms. The summed E-state index contributed by atoms with van der Waals surface area (Å²) in [6, 6.07) is 0.276. The predicted octanol–water partition coefficient (Wildman–Crippen LogP) is -0.181. The third-order valence-corrected chi connectivity index (χ3v) is 4.41. The molecule has 3 fully saturated rings. The van der Waals surface area contributed by atoms with Crippen molar-refractivity contribution in [3.63, 3.8) is 0 Å². The van der Waals surface area contributed by atoms with Gasteiger partial charge in [0.2, 0.25) is 11.8 Å². The molecule has 0 saturated carbocycles. The summed E-state index contributed by atoms with van der Waals surface area (Å²) >= 11 is 0. The Morgan fingerprint density at radius 3 is 2.78 bits per heavy atom. The number of hydrogen-bond acceptors (Lipinski definition) is 3. The van der Waals surface area contributed by atoms with Gasteiger partial charge in [0.05, 0.1) is 12.5 Å². The van der Waals surface area contributed by atoms with Crippen LogP contribution in [0, 0.1) is 5.92 Å². The molecule has 3 saturated heterocycles. The molecule has 3 aliphatic heterocycles. The van der Waals surface area contributed by atoms with E-state index in [1.807, 2.05) is 4.90 Å². The van der Waals surface area contributed by atoms with E-state index in [-0.39, 0.29) is 30.3 Å². The van der Waals surface area contributed by atoms with Gasteiger partial charge in [0.25, 0.3) is 0 Å². The van der Waals surface area contributed by atoms with Crippen molar-refractivity contribution >= 4 is 11.8 Å². The van der Waals surface area contributed by atoms with E-state index in [1.165, 1.54) is 0 Å². The lowest BCUT2D eigenvalue weighted by Gasteiger charge is -2.23. The summed E-state index contributed by atoms with van der Waals surface area (Å²) in [6.45, 7) is 3.73. The monoisotopic (exact) mass is 251 g/mol. The highest BCUT2D eigenvalue weighted by molar-refractivity contribution is 5.88. The number of amides is 2. The van der Waals surface area contributed by atoms with Crippen molar-refractivity contribution < 1.29 is 9.59 Å². The van der Waals surface area contributed by atoms with Crippen LogP contribution in [0.1, 0.15) is 25.7 Å². The molecule has 0 radical (unpaired) electrons. The lowest BCUT2D eigenvalue weighted by atomic mass is 9.94. The van der Waals surface area contributed by atoms with Crippen molar-refractivity contribution in [2.75, 3.05) is 32.7 Å². The molecular formula is C13H21N3O2. The van der Waals surface area contributed by atoms with E-state index in [9.17, 15) is 9.59 Å². The third-order valence-electron chi connectivity index (χ3n) is 4.41. The van der Waals surface area contributed by atoms with Crippen LogP contribution < -0.4 is 5.32 Å². The van der Waals surface area contributed by atoms with Gasteiger partial charge in [-0.1, -0.05) is 0 Å². The molecule has 0 bridgehead atoms. The zero-order chi connectivity index (χ0) is 12.5. The number of nitrogens with zero attached hydrogens (tertiary/aromatic N) is 2. The van der Waals surface area contributed by atoms with Gasteiger partial charge in [0, 0.05) is 25.7 Å². The fraction of sp³-hybridized carbons (Fsp3) is 0.846. The molecule has 0 aromatic carbocycles. The lowest BCUT2D eigenvalue weighted by molar-refractivity contribution is -0.139. The Kier molecular flexibility index (Phi) is 3.24. The topological polar surface area (TPSA) is 52.7 Å². The minimum atomic E-state index is 0.116. The highest BCUT2D eigenvalue weighted by Gasteiger charge is 2.42. The average Bonchev–Trinajstić information content (AvgIpc) is 3.00. The van der Waals surface area contributed by atoms with Gasteiger partial charge < -0.3 is 15.1 Å². The van der Waals surface area contributed by atoms with Gasteiger partial charge in [-0.05, 0) is 32.2 Å². The Hall–Kier alpha value is -1.10. The van der Waals surface area contributed by atoms with Crippen LogP contribution in [0.5, 0.6) is 0 Å². The van der Waals surface area contributed by atoms with E-state index in [1.54, 1.807) is 4.90 Å². The van der Waals surface area contributed by atoms with E-state index in [0.29, 0.717) is 6.54 Å². The number of piperidine rings is 1. The second-order valence-electron chi connectivity index (χ2n) is 5.62. The standard InChI is InChI=1S/C13H21N3O2/c17-12(15-6-1-2-7-15)9-16-8-11-10(13(16)18)4-3-5-14-11/h10-11,14H,1-9H2. The zero-order valence-electron chi connectivity index (χ0n) is 10.7. The van der Waals surface area contributed by atoms with Gasteiger partial charge in [-0.2, -0.15) is 0 Å². The van der Waals surface area contributed by atoms with Gasteiger partial charge >= 0.3 is 0 Å². The molecule has 3 heterocycles. The molecule has 5 nitrogen and oxygen atoms in total. The number of hydrogen-bond donors (Lipinski definition) is 1. The van der Waals surface area contributed by atoms with E-state index in [2.05, 4.69) is 5.32 Å². The van der Waals surface area contributed by atoms with Crippen LogP contribution in [0.4, 0.5) is 0 Å². The molecule has 0 spiro atoms. The minimum Gasteiger partial charge on any atom is -0.341 e. The number of fused-ring (bicyclic) bond motifs is 1. The second kappa shape index (κ2) is 4.88. The van der Waals surface area contributed by atoms with Crippen LogP contribution in [0.15, 0.2) is 0 Å². The molecule has 2 unspecified atom stereocenters. The van der Waals surface area contributed by atoms with Crippen LogP contribution in [-0.2, 0) is 9.59 Å². The Labute approximate surface area is 107 Å². The first-order valence-corrected chi connectivity index (χ1v) is 7.05. The maximum absolute atomic E-state index is 12.2. The number of nitrogens with one attached hydrogen (secondary N) is 1. The van der Waals surface area contributed by atoms with Gasteiger partial charge in [0.1, 0.15) is 0 Å². The van der Waals surface area contributed by atoms with Gasteiger partial charge in [-0.25, -0.2) is 0 Å². The number of carbonyl (C=O) groups excluding carboxylic acids is 2. The fourth-order valence-electron chi connectivity index (χ4n) is 3.37. The lowest BCUT2D eigenvalue weighted by Crippen LogP contribution is -2.41. The molecule has 0 aromatic rings. The SMILES string of the molecule is O=C(CN1CC2NCCCC2C1=O)N1CCCC1. The first-order chi connectivity index (χ1) is 8.75. The van der Waals surface area contributed by atoms with Gasteiger partial charge in [-0.3, -0.25) is 9.59 Å². The predicted molar refractivity (Wildman–Crippen MR) is 66.9 cm³/mol. The smallest absolute Gasteiger partial charge is 0.242 e. The van der Waals surface area contributed by atoms with Gasteiger partial charge in [-0.15, -0.1) is 0 Å². The molecule has 100 valence electrons. The number of likely N-dealkylation sites (tertiary alicyclic amines) is 2. The molecule has 1 N–H and O–H groups in total. The molecule has 0 aliphatic carbocycles. The minimum absolute atomic E-state index is 0.116. The average molecular weight is 251 g/mol. The molecule has 3 rings (SSSR count). The molecule has 18 heavy (non-hydrogen) atoms. The van der Waals surface area contributed by atoms with Crippen molar-refractivity contribution in [1.29, 1.82) is 0 Å². The number of rotatable bonds is 2. The Morgan fingerprint density at radius 2 is 2.06 bits per heavy atom. The summed E-state index contributed by atoms with van der Waals surface area (Å²) in [5.41, 5.74) is 0. The summed E-state index contributed by atoms with van der Waals surface area (Å²) in [4.78, 5) is 27.9. The molecule has 2 atom stereocenters. The second-order valence-corrected chi connectivity index (χ2v) is 5.62. The van der Waals surface area contributed by atoms with Crippen molar-refractivity contribution in [1.82, 2.24) is 15.1 Å². The van der Waals surface area contributed by atoms with Crippen molar-refractivity contribution in [3.05, 3.63) is 0 Å². The van der Waals surface area contributed by atoms with Crippen LogP contribution in [0.3, 0.4) is 0 Å². The van der Waals surface area contributed by atoms with E-state index in [4.69, 9.17) is 0 Å². The van der Waals surface area contributed by atoms with Crippen LogP contribution in [-0.4, -0.2) is 60.4 Å². The fourth-order valence-corrected chi connectivity index (χ4v) is 3.37. The van der Waals surface area contributed by atoms with Crippen LogP contribution >= 0.6 is 0 Å². The van der Waals surface area contributed by atoms with Crippen molar-refractivity contribution in [3.8, 4) is 0 Å². The molecule has 3 aliphatic rings. The third kappa shape index (κ3) is 2.11. The Bertz CT molecular complexity index is 352. The van der Waals surface area contributed by atoms with E-state index < -0.39 is 0 Å². The highest BCUT2D eigenvalue weighted by Crippen LogP contribution is 2.26. The Balaban J connectivity index is 1.59. The largest absolute Gasteiger partial charge is 0.341 e. The normalized spacial score (nSPS) is 31.9. The van der Waals surface area contributed by atoms with E-state index >= 15 is 0 Å². The summed E-state index contributed by atoms with van der Waals surface area (Å²) in [5, 5.41) is 3.40. The summed E-state index contributed by atoms with van der Waals surface area (Å²) in [5.74, 6) is 0.421. The van der Waals surface area contributed by atoms with Crippen molar-refractivity contribution in [2.24, 2.45) is 5.92 Å². The molecular weight excluding hydrogens is 230 g/mol. The quantitative estimate of drug-likeness (QED) is 0.740. The Morgan fingerprint density at radius 1 is 1.28 bits per heavy atom. The highest BCUT2D eigenvalue weighted by atomic mass is 16.2. The van der Waals surface area contributed by atoms with Crippen LogP contribution in [0.25, 0.3) is 0 Å². The summed E-state index contributed by atoms with van der Waals surface area (Å²) in [7, 11) is 0. The van der Waals surface area contributed by atoms with E-state index in [0.717, 1.165) is 45.3 Å². The summed E-state index contributed by atoms with van der Waals surface area (Å²) in [6.07, 6.45) is 4.25. The first-order valence-electron chi connectivity index (χ1n) is 7.05. The maximum Gasteiger partial charge on any atom is 0.242 e. The zero-order valence-corrected chi connectivity index (χ0v) is 10.7. The van der Waals surface area contributed by atoms with Crippen LogP contribution in [0.2, 0.25) is 0 Å². The summed E-state index contributed by atoms with van der Waals surface area (Å²) < 4.78 is 0. The first kappa shape index (κ1) is 12.0. The van der Waals surface area contributed by atoms with Crippen molar-refractivity contribution in [2.45, 2.75) is 31.7 Å². The number of carbonyl (C=O) groups is 2. The maximum atomic E-state index is 12.2. The van der Waals surface area contributed by atoms with Gasteiger partial charge in [0.15, 0.2) is 0 Å². The molecule has 2 amide bonds.